The van der Waals surface area contributed by atoms with Crippen LogP contribution in [0.3, 0.4) is 0 Å². The smallest absolute Gasteiger partial charge is 0.254 e. The molecule has 2 aromatic rings. The Morgan fingerprint density at radius 1 is 1.24 bits per heavy atom. The minimum atomic E-state index is 0.0649. The summed E-state index contributed by atoms with van der Waals surface area (Å²) < 4.78 is 5.60. The van der Waals surface area contributed by atoms with Gasteiger partial charge in [0.25, 0.3) is 5.91 Å². The monoisotopic (exact) mass is 284 g/mol. The van der Waals surface area contributed by atoms with Gasteiger partial charge in [0.05, 0.1) is 6.54 Å². The van der Waals surface area contributed by atoms with Crippen molar-refractivity contribution in [2.45, 2.75) is 38.9 Å². The number of rotatable bonds is 5. The lowest BCUT2D eigenvalue weighted by atomic mass is 10.1. The fraction of sp³-hybridized carbons (Fsp3) is 0.353. The second-order valence-corrected chi connectivity index (χ2v) is 5.58. The van der Waals surface area contributed by atoms with Crippen LogP contribution in [-0.4, -0.2) is 16.8 Å². The summed E-state index contributed by atoms with van der Waals surface area (Å²) in [5.41, 5.74) is 7.33. The molecule has 1 fully saturated rings. The van der Waals surface area contributed by atoms with Gasteiger partial charge in [-0.3, -0.25) is 4.79 Å². The van der Waals surface area contributed by atoms with E-state index in [1.165, 1.54) is 0 Å². The molecule has 0 atom stereocenters. The molecule has 1 saturated carbocycles. The van der Waals surface area contributed by atoms with Gasteiger partial charge >= 0.3 is 0 Å². The number of hydrogen-bond acceptors (Lipinski definition) is 3. The quantitative estimate of drug-likeness (QED) is 0.918. The van der Waals surface area contributed by atoms with Crippen molar-refractivity contribution < 1.29 is 9.21 Å². The minimum Gasteiger partial charge on any atom is -0.464 e. The second-order valence-electron chi connectivity index (χ2n) is 5.58. The Hall–Kier alpha value is -2.07. The van der Waals surface area contributed by atoms with Crippen LogP contribution >= 0.6 is 0 Å². The van der Waals surface area contributed by atoms with Gasteiger partial charge in [-0.05, 0) is 49.6 Å². The molecule has 21 heavy (non-hydrogen) atoms. The van der Waals surface area contributed by atoms with Gasteiger partial charge in [-0.1, -0.05) is 12.1 Å². The first-order chi connectivity index (χ1) is 10.2. The fourth-order valence-corrected chi connectivity index (χ4v) is 2.44. The van der Waals surface area contributed by atoms with Crippen LogP contribution in [0.25, 0.3) is 0 Å². The molecule has 3 rings (SSSR count). The molecule has 0 spiro atoms. The number of aryl methyl sites for hydroxylation is 1. The van der Waals surface area contributed by atoms with Crippen molar-refractivity contribution in [3.8, 4) is 0 Å². The van der Waals surface area contributed by atoms with E-state index in [2.05, 4.69) is 0 Å². The lowest BCUT2D eigenvalue weighted by molar-refractivity contribution is 0.0717. The summed E-state index contributed by atoms with van der Waals surface area (Å²) in [4.78, 5) is 14.6. The lowest BCUT2D eigenvalue weighted by Crippen LogP contribution is -2.32. The van der Waals surface area contributed by atoms with Gasteiger partial charge in [0.15, 0.2) is 0 Å². The molecule has 0 aliphatic heterocycles. The predicted molar refractivity (Wildman–Crippen MR) is 80.7 cm³/mol. The maximum atomic E-state index is 12.7. The maximum Gasteiger partial charge on any atom is 0.254 e. The van der Waals surface area contributed by atoms with E-state index in [0.29, 0.717) is 24.7 Å². The fourth-order valence-electron chi connectivity index (χ4n) is 2.44. The van der Waals surface area contributed by atoms with E-state index in [4.69, 9.17) is 10.2 Å². The standard InChI is InChI=1S/C17H20N2O2/c1-12-2-9-16(21-12)11-19(15-7-8-15)17(20)14-5-3-13(10-18)4-6-14/h2-6,9,15H,7-8,10-11,18H2,1H3. The number of amides is 1. The summed E-state index contributed by atoms with van der Waals surface area (Å²) in [6.07, 6.45) is 2.15. The van der Waals surface area contributed by atoms with Gasteiger partial charge in [0.2, 0.25) is 0 Å². The Morgan fingerprint density at radius 2 is 1.95 bits per heavy atom. The molecule has 4 heteroatoms. The Balaban J connectivity index is 1.77. The highest BCUT2D eigenvalue weighted by Crippen LogP contribution is 2.30. The van der Waals surface area contributed by atoms with Crippen molar-refractivity contribution in [3.63, 3.8) is 0 Å². The summed E-state index contributed by atoms with van der Waals surface area (Å²) in [7, 11) is 0. The third kappa shape index (κ3) is 3.16. The van der Waals surface area contributed by atoms with Gasteiger partial charge in [-0.2, -0.15) is 0 Å². The third-order valence-electron chi connectivity index (χ3n) is 3.81. The molecule has 0 radical (unpaired) electrons. The molecule has 110 valence electrons. The van der Waals surface area contributed by atoms with Gasteiger partial charge in [0.1, 0.15) is 11.5 Å². The van der Waals surface area contributed by atoms with Crippen LogP contribution in [-0.2, 0) is 13.1 Å². The highest BCUT2D eigenvalue weighted by molar-refractivity contribution is 5.94. The van der Waals surface area contributed by atoms with E-state index < -0.39 is 0 Å². The second kappa shape index (κ2) is 5.74. The number of nitrogens with zero attached hydrogens (tertiary/aromatic N) is 1. The van der Waals surface area contributed by atoms with Gasteiger partial charge in [-0.25, -0.2) is 0 Å². The minimum absolute atomic E-state index is 0.0649. The Kier molecular flexibility index (Phi) is 3.80. The summed E-state index contributed by atoms with van der Waals surface area (Å²) in [6.45, 7) is 2.95. The van der Waals surface area contributed by atoms with E-state index in [0.717, 1.165) is 29.9 Å². The number of furan rings is 1. The van der Waals surface area contributed by atoms with Crippen molar-refractivity contribution >= 4 is 5.91 Å². The van der Waals surface area contributed by atoms with Gasteiger partial charge in [-0.15, -0.1) is 0 Å². The molecule has 0 saturated heterocycles. The van der Waals surface area contributed by atoms with E-state index in [1.807, 2.05) is 48.2 Å². The molecule has 1 aliphatic rings. The zero-order valence-electron chi connectivity index (χ0n) is 12.2. The molecule has 0 bridgehead atoms. The summed E-state index contributed by atoms with van der Waals surface area (Å²) in [5.74, 6) is 1.78. The highest BCUT2D eigenvalue weighted by Gasteiger charge is 2.33. The Bertz CT molecular complexity index is 626. The molecular formula is C17H20N2O2. The van der Waals surface area contributed by atoms with Crippen molar-refractivity contribution in [2.75, 3.05) is 0 Å². The van der Waals surface area contributed by atoms with E-state index in [-0.39, 0.29) is 5.91 Å². The molecule has 4 nitrogen and oxygen atoms in total. The number of benzene rings is 1. The Labute approximate surface area is 124 Å². The first kappa shape index (κ1) is 13.9. The summed E-state index contributed by atoms with van der Waals surface area (Å²) in [6, 6.07) is 11.7. The van der Waals surface area contributed by atoms with Crippen molar-refractivity contribution in [2.24, 2.45) is 5.73 Å². The normalized spacial score (nSPS) is 14.2. The van der Waals surface area contributed by atoms with Gasteiger partial charge in [0, 0.05) is 18.2 Å². The number of nitrogens with two attached hydrogens (primary N) is 1. The zero-order valence-corrected chi connectivity index (χ0v) is 12.2. The van der Waals surface area contributed by atoms with E-state index in [9.17, 15) is 4.79 Å². The van der Waals surface area contributed by atoms with Crippen molar-refractivity contribution in [3.05, 3.63) is 59.0 Å². The molecule has 1 aliphatic carbocycles. The van der Waals surface area contributed by atoms with Crippen LogP contribution < -0.4 is 5.73 Å². The number of carbonyl (C=O) groups is 1. The number of hydrogen-bond donors (Lipinski definition) is 1. The largest absolute Gasteiger partial charge is 0.464 e. The van der Waals surface area contributed by atoms with Crippen LogP contribution in [0, 0.1) is 6.92 Å². The van der Waals surface area contributed by atoms with E-state index >= 15 is 0 Å². The Morgan fingerprint density at radius 3 is 2.48 bits per heavy atom. The molecule has 1 aromatic carbocycles. The van der Waals surface area contributed by atoms with Crippen molar-refractivity contribution in [1.82, 2.24) is 4.90 Å². The van der Waals surface area contributed by atoms with Crippen LogP contribution in [0.2, 0.25) is 0 Å². The highest BCUT2D eigenvalue weighted by atomic mass is 16.3. The van der Waals surface area contributed by atoms with Crippen LogP contribution in [0.4, 0.5) is 0 Å². The third-order valence-corrected chi connectivity index (χ3v) is 3.81. The predicted octanol–water partition coefficient (Wildman–Crippen LogP) is 2.85. The average molecular weight is 284 g/mol. The summed E-state index contributed by atoms with van der Waals surface area (Å²) >= 11 is 0. The van der Waals surface area contributed by atoms with E-state index in [1.54, 1.807) is 0 Å². The average Bonchev–Trinajstić information content (AvgIpc) is 3.27. The first-order valence-corrected chi connectivity index (χ1v) is 7.32. The molecular weight excluding hydrogens is 264 g/mol. The molecule has 0 unspecified atom stereocenters. The van der Waals surface area contributed by atoms with Crippen molar-refractivity contribution in [1.29, 1.82) is 0 Å². The first-order valence-electron chi connectivity index (χ1n) is 7.32. The molecule has 1 heterocycles. The lowest BCUT2D eigenvalue weighted by Gasteiger charge is -2.21. The van der Waals surface area contributed by atoms with Crippen LogP contribution in [0.5, 0.6) is 0 Å². The SMILES string of the molecule is Cc1ccc(CN(C(=O)c2ccc(CN)cc2)C2CC2)o1. The maximum absolute atomic E-state index is 12.7. The molecule has 2 N–H and O–H groups in total. The van der Waals surface area contributed by atoms with Crippen LogP contribution in [0.1, 0.15) is 40.3 Å². The summed E-state index contributed by atoms with van der Waals surface area (Å²) in [5, 5.41) is 0. The van der Waals surface area contributed by atoms with Gasteiger partial charge < -0.3 is 15.1 Å². The zero-order chi connectivity index (χ0) is 14.8. The topological polar surface area (TPSA) is 59.5 Å². The molecule has 1 aromatic heterocycles. The molecule has 1 amide bonds. The number of carbonyl (C=O) groups excluding carboxylic acids is 1. The van der Waals surface area contributed by atoms with Crippen LogP contribution in [0.15, 0.2) is 40.8 Å².